The van der Waals surface area contributed by atoms with E-state index in [-0.39, 0.29) is 24.0 Å². The van der Waals surface area contributed by atoms with E-state index in [9.17, 15) is 0 Å². The standard InChI is InChI=1S/C16H24N6S.HI/c1-5-22-11-20-21-15(22)10-19-16(17-3)18-9-13-7-6-12(2)8-14(13)23-4;/h6-8,11H,5,9-10H2,1-4H3,(H2,17,18,19);1H. The van der Waals surface area contributed by atoms with Crippen molar-refractivity contribution in [3.05, 3.63) is 41.5 Å². The van der Waals surface area contributed by atoms with E-state index in [1.165, 1.54) is 16.0 Å². The molecule has 0 spiro atoms. The highest BCUT2D eigenvalue weighted by molar-refractivity contribution is 14.0. The van der Waals surface area contributed by atoms with Crippen molar-refractivity contribution < 1.29 is 0 Å². The van der Waals surface area contributed by atoms with Crippen LogP contribution < -0.4 is 10.6 Å². The molecular weight excluding hydrogens is 435 g/mol. The highest BCUT2D eigenvalue weighted by Crippen LogP contribution is 2.21. The number of nitrogens with zero attached hydrogens (tertiary/aromatic N) is 4. The molecule has 0 bridgehead atoms. The van der Waals surface area contributed by atoms with Crippen LogP contribution in [-0.4, -0.2) is 34.0 Å². The van der Waals surface area contributed by atoms with Crippen LogP contribution in [0.1, 0.15) is 23.9 Å². The lowest BCUT2D eigenvalue weighted by Gasteiger charge is -2.14. The number of halogens is 1. The Balaban J connectivity index is 0.00000288. The van der Waals surface area contributed by atoms with E-state index in [0.29, 0.717) is 6.54 Å². The number of hydrogen-bond donors (Lipinski definition) is 2. The van der Waals surface area contributed by atoms with Crippen LogP contribution in [0.15, 0.2) is 34.4 Å². The minimum Gasteiger partial charge on any atom is -0.352 e. The Labute approximate surface area is 164 Å². The molecule has 0 fully saturated rings. The fourth-order valence-corrected chi connectivity index (χ4v) is 2.95. The first-order valence-corrected chi connectivity index (χ1v) is 8.85. The van der Waals surface area contributed by atoms with Gasteiger partial charge in [0.05, 0.1) is 6.54 Å². The summed E-state index contributed by atoms with van der Waals surface area (Å²) in [5.41, 5.74) is 2.54. The van der Waals surface area contributed by atoms with Gasteiger partial charge in [0, 0.05) is 25.0 Å². The van der Waals surface area contributed by atoms with Crippen molar-refractivity contribution in [2.24, 2.45) is 4.99 Å². The van der Waals surface area contributed by atoms with Gasteiger partial charge in [-0.3, -0.25) is 4.99 Å². The fourth-order valence-electron chi connectivity index (χ4n) is 2.24. The summed E-state index contributed by atoms with van der Waals surface area (Å²) in [6, 6.07) is 6.51. The Morgan fingerprint density at radius 3 is 2.71 bits per heavy atom. The number of benzene rings is 1. The van der Waals surface area contributed by atoms with E-state index in [1.807, 2.05) is 4.57 Å². The average Bonchev–Trinajstić information content (AvgIpc) is 3.03. The molecule has 2 aromatic rings. The van der Waals surface area contributed by atoms with Crippen LogP contribution in [0.3, 0.4) is 0 Å². The monoisotopic (exact) mass is 460 g/mol. The van der Waals surface area contributed by atoms with Gasteiger partial charge in [0.25, 0.3) is 0 Å². The van der Waals surface area contributed by atoms with Crippen LogP contribution in [0.4, 0.5) is 0 Å². The van der Waals surface area contributed by atoms with Crippen molar-refractivity contribution in [3.8, 4) is 0 Å². The van der Waals surface area contributed by atoms with Crippen LogP contribution in [0, 0.1) is 6.92 Å². The third-order valence-corrected chi connectivity index (χ3v) is 4.38. The van der Waals surface area contributed by atoms with E-state index < -0.39 is 0 Å². The molecule has 24 heavy (non-hydrogen) atoms. The van der Waals surface area contributed by atoms with Gasteiger partial charge < -0.3 is 15.2 Å². The lowest BCUT2D eigenvalue weighted by Crippen LogP contribution is -2.37. The van der Waals surface area contributed by atoms with Gasteiger partial charge in [0.2, 0.25) is 0 Å². The molecule has 1 aromatic carbocycles. The van der Waals surface area contributed by atoms with Crippen molar-refractivity contribution in [3.63, 3.8) is 0 Å². The summed E-state index contributed by atoms with van der Waals surface area (Å²) >= 11 is 1.76. The number of aromatic nitrogens is 3. The van der Waals surface area contributed by atoms with Crippen molar-refractivity contribution in [1.29, 1.82) is 0 Å². The molecule has 132 valence electrons. The highest BCUT2D eigenvalue weighted by atomic mass is 127. The Hall–Kier alpha value is -1.29. The first-order valence-electron chi connectivity index (χ1n) is 7.62. The summed E-state index contributed by atoms with van der Waals surface area (Å²) in [6.45, 7) is 6.37. The summed E-state index contributed by atoms with van der Waals surface area (Å²) < 4.78 is 2.01. The summed E-state index contributed by atoms with van der Waals surface area (Å²) in [4.78, 5) is 5.55. The molecule has 0 unspecified atom stereocenters. The molecule has 2 N–H and O–H groups in total. The van der Waals surface area contributed by atoms with Gasteiger partial charge >= 0.3 is 0 Å². The predicted octanol–water partition coefficient (Wildman–Crippen LogP) is 2.81. The van der Waals surface area contributed by atoms with Crippen molar-refractivity contribution in [2.75, 3.05) is 13.3 Å². The summed E-state index contributed by atoms with van der Waals surface area (Å²) in [5, 5.41) is 14.7. The van der Waals surface area contributed by atoms with E-state index in [1.54, 1.807) is 25.1 Å². The lowest BCUT2D eigenvalue weighted by atomic mass is 10.1. The minimum absolute atomic E-state index is 0. The first-order chi connectivity index (χ1) is 11.2. The van der Waals surface area contributed by atoms with E-state index >= 15 is 0 Å². The quantitative estimate of drug-likeness (QED) is 0.301. The first kappa shape index (κ1) is 20.8. The van der Waals surface area contributed by atoms with Crippen LogP contribution in [0.25, 0.3) is 0 Å². The maximum Gasteiger partial charge on any atom is 0.191 e. The van der Waals surface area contributed by atoms with Gasteiger partial charge in [-0.2, -0.15) is 0 Å². The second-order valence-electron chi connectivity index (χ2n) is 5.13. The molecule has 0 amide bonds. The van der Waals surface area contributed by atoms with Crippen molar-refractivity contribution >= 4 is 41.7 Å². The Morgan fingerprint density at radius 1 is 1.29 bits per heavy atom. The van der Waals surface area contributed by atoms with E-state index in [4.69, 9.17) is 0 Å². The summed E-state index contributed by atoms with van der Waals surface area (Å²) in [6.07, 6.45) is 3.84. The molecule has 1 heterocycles. The molecule has 0 aliphatic rings. The maximum absolute atomic E-state index is 4.26. The van der Waals surface area contributed by atoms with Gasteiger partial charge in [0.1, 0.15) is 6.33 Å². The molecule has 1 aromatic heterocycles. The number of thioether (sulfide) groups is 1. The van der Waals surface area contributed by atoms with Gasteiger partial charge in [-0.05, 0) is 37.3 Å². The smallest absolute Gasteiger partial charge is 0.191 e. The predicted molar refractivity (Wildman–Crippen MR) is 111 cm³/mol. The zero-order valence-electron chi connectivity index (χ0n) is 14.5. The lowest BCUT2D eigenvalue weighted by molar-refractivity contribution is 0.669. The largest absolute Gasteiger partial charge is 0.352 e. The number of aliphatic imine (C=N–C) groups is 1. The fraction of sp³-hybridized carbons (Fsp3) is 0.438. The van der Waals surface area contributed by atoms with Gasteiger partial charge in [0.15, 0.2) is 11.8 Å². The molecule has 0 aliphatic heterocycles. The van der Waals surface area contributed by atoms with Gasteiger partial charge in [-0.25, -0.2) is 0 Å². The third-order valence-electron chi connectivity index (χ3n) is 3.56. The number of aryl methyl sites for hydroxylation is 2. The number of rotatable bonds is 6. The second kappa shape index (κ2) is 10.5. The normalized spacial score (nSPS) is 11.1. The van der Waals surface area contributed by atoms with Crippen LogP contribution in [0.5, 0.6) is 0 Å². The maximum atomic E-state index is 4.26. The van der Waals surface area contributed by atoms with Crippen molar-refractivity contribution in [1.82, 2.24) is 25.4 Å². The van der Waals surface area contributed by atoms with Crippen LogP contribution >= 0.6 is 35.7 Å². The minimum atomic E-state index is 0. The molecule has 0 saturated heterocycles. The van der Waals surface area contributed by atoms with Crippen molar-refractivity contribution in [2.45, 2.75) is 38.4 Å². The topological polar surface area (TPSA) is 67.1 Å². The van der Waals surface area contributed by atoms with Gasteiger partial charge in [-0.1, -0.05) is 12.1 Å². The second-order valence-corrected chi connectivity index (χ2v) is 5.98. The Bertz CT molecular complexity index is 670. The van der Waals surface area contributed by atoms with Gasteiger partial charge in [-0.15, -0.1) is 45.9 Å². The number of nitrogens with one attached hydrogen (secondary N) is 2. The summed E-state index contributed by atoms with van der Waals surface area (Å²) in [7, 11) is 1.77. The van der Waals surface area contributed by atoms with Crippen LogP contribution in [0.2, 0.25) is 0 Å². The molecular formula is C16H25IN6S. The van der Waals surface area contributed by atoms with Crippen LogP contribution in [-0.2, 0) is 19.6 Å². The summed E-state index contributed by atoms with van der Waals surface area (Å²) in [5.74, 6) is 1.65. The zero-order chi connectivity index (χ0) is 16.7. The molecule has 0 radical (unpaired) electrons. The van der Waals surface area contributed by atoms with E-state index in [0.717, 1.165) is 24.9 Å². The molecule has 0 saturated carbocycles. The highest BCUT2D eigenvalue weighted by Gasteiger charge is 2.06. The number of guanidine groups is 1. The average molecular weight is 460 g/mol. The molecule has 0 atom stereocenters. The molecule has 2 rings (SSSR count). The SMILES string of the molecule is CCn1cnnc1CNC(=NC)NCc1ccc(C)cc1SC.I. The number of hydrogen-bond acceptors (Lipinski definition) is 4. The molecule has 8 heteroatoms. The molecule has 6 nitrogen and oxygen atoms in total. The molecule has 0 aliphatic carbocycles. The van der Waals surface area contributed by atoms with E-state index in [2.05, 4.69) is 64.1 Å². The Kier molecular flexibility index (Phi) is 9.12. The third kappa shape index (κ3) is 5.66. The zero-order valence-corrected chi connectivity index (χ0v) is 17.7. The Morgan fingerprint density at radius 2 is 2.04 bits per heavy atom.